The van der Waals surface area contributed by atoms with Crippen LogP contribution in [0.15, 0.2) is 67.3 Å². The van der Waals surface area contributed by atoms with Crippen molar-refractivity contribution in [2.45, 2.75) is 25.7 Å². The number of hydrogen-bond acceptors (Lipinski definition) is 3. The maximum absolute atomic E-state index is 12.5. The zero-order valence-electron chi connectivity index (χ0n) is 15.9. The lowest BCUT2D eigenvalue weighted by Crippen LogP contribution is -2.35. The zero-order chi connectivity index (χ0) is 19.8. The highest BCUT2D eigenvalue weighted by molar-refractivity contribution is 5.92. The Kier molecular flexibility index (Phi) is 6.84. The van der Waals surface area contributed by atoms with E-state index in [9.17, 15) is 9.59 Å². The van der Waals surface area contributed by atoms with Crippen molar-refractivity contribution in [1.29, 1.82) is 0 Å². The molecule has 0 bridgehead atoms. The fraction of sp³-hybridized carbons (Fsp3) is 0.304. The van der Waals surface area contributed by atoms with Gasteiger partial charge in [-0.1, -0.05) is 24.3 Å². The lowest BCUT2D eigenvalue weighted by atomic mass is 9.81. The van der Waals surface area contributed by atoms with E-state index in [0.717, 1.165) is 42.9 Å². The van der Waals surface area contributed by atoms with Crippen molar-refractivity contribution >= 4 is 17.5 Å². The maximum atomic E-state index is 12.5. The van der Waals surface area contributed by atoms with Gasteiger partial charge in [-0.15, -0.1) is 6.58 Å². The zero-order valence-corrected chi connectivity index (χ0v) is 15.9. The summed E-state index contributed by atoms with van der Waals surface area (Å²) in [6, 6.07) is 16.9. The van der Waals surface area contributed by atoms with E-state index < -0.39 is 0 Å². The largest absolute Gasteiger partial charge is 0.457 e. The van der Waals surface area contributed by atoms with Crippen LogP contribution in [-0.2, 0) is 9.59 Å². The molecule has 5 heteroatoms. The van der Waals surface area contributed by atoms with Crippen molar-refractivity contribution in [3.63, 3.8) is 0 Å². The topological polar surface area (TPSA) is 67.4 Å². The number of amides is 2. The van der Waals surface area contributed by atoms with Crippen LogP contribution in [-0.4, -0.2) is 18.4 Å². The van der Waals surface area contributed by atoms with Gasteiger partial charge in [0.1, 0.15) is 11.5 Å². The number of nitrogens with one attached hydrogen (secondary N) is 2. The quantitative estimate of drug-likeness (QED) is 0.696. The third-order valence-corrected chi connectivity index (χ3v) is 4.99. The molecule has 0 radical (unpaired) electrons. The number of hydrogen-bond donors (Lipinski definition) is 2. The average Bonchev–Trinajstić information content (AvgIpc) is 2.74. The van der Waals surface area contributed by atoms with Crippen LogP contribution in [0.4, 0.5) is 5.69 Å². The van der Waals surface area contributed by atoms with Gasteiger partial charge < -0.3 is 15.4 Å². The molecule has 28 heavy (non-hydrogen) atoms. The SMILES string of the molecule is C=CCNC(=O)C1CCC(C(=O)Nc2ccc(Oc3ccccc3)cc2)CC1. The number of para-hydroxylation sites is 1. The fourth-order valence-corrected chi connectivity index (χ4v) is 3.41. The van der Waals surface area contributed by atoms with Crippen molar-refractivity contribution in [1.82, 2.24) is 5.32 Å². The van der Waals surface area contributed by atoms with Crippen LogP contribution in [0, 0.1) is 11.8 Å². The highest BCUT2D eigenvalue weighted by atomic mass is 16.5. The molecule has 0 heterocycles. The minimum Gasteiger partial charge on any atom is -0.457 e. The van der Waals surface area contributed by atoms with E-state index in [0.29, 0.717) is 6.54 Å². The third kappa shape index (κ3) is 5.46. The van der Waals surface area contributed by atoms with Crippen LogP contribution in [0.1, 0.15) is 25.7 Å². The van der Waals surface area contributed by atoms with Crippen molar-refractivity contribution in [2.75, 3.05) is 11.9 Å². The summed E-state index contributed by atoms with van der Waals surface area (Å²) in [4.78, 5) is 24.6. The summed E-state index contributed by atoms with van der Waals surface area (Å²) in [5.74, 6) is 1.51. The molecule has 5 nitrogen and oxygen atoms in total. The lowest BCUT2D eigenvalue weighted by molar-refractivity contribution is -0.128. The van der Waals surface area contributed by atoms with Gasteiger partial charge in [0.2, 0.25) is 11.8 Å². The Labute approximate surface area is 165 Å². The van der Waals surface area contributed by atoms with Gasteiger partial charge in [-0.25, -0.2) is 0 Å². The van der Waals surface area contributed by atoms with Crippen LogP contribution >= 0.6 is 0 Å². The molecule has 0 atom stereocenters. The van der Waals surface area contributed by atoms with Gasteiger partial charge in [-0.2, -0.15) is 0 Å². The Balaban J connectivity index is 1.47. The molecule has 0 saturated heterocycles. The third-order valence-electron chi connectivity index (χ3n) is 4.99. The number of carbonyl (C=O) groups is 2. The summed E-state index contributed by atoms with van der Waals surface area (Å²) in [5.41, 5.74) is 0.747. The molecule has 2 N–H and O–H groups in total. The monoisotopic (exact) mass is 378 g/mol. The summed E-state index contributed by atoms with van der Waals surface area (Å²) in [6.07, 6.45) is 4.61. The van der Waals surface area contributed by atoms with Crippen molar-refractivity contribution < 1.29 is 14.3 Å². The smallest absolute Gasteiger partial charge is 0.227 e. The first-order valence-electron chi connectivity index (χ1n) is 9.68. The van der Waals surface area contributed by atoms with Gasteiger partial charge in [0.25, 0.3) is 0 Å². The van der Waals surface area contributed by atoms with E-state index in [1.807, 2.05) is 54.6 Å². The summed E-state index contributed by atoms with van der Waals surface area (Å²) < 4.78 is 5.76. The molecule has 1 fully saturated rings. The van der Waals surface area contributed by atoms with Gasteiger partial charge in [-0.3, -0.25) is 9.59 Å². The molecule has 3 rings (SSSR count). The van der Waals surface area contributed by atoms with Gasteiger partial charge in [-0.05, 0) is 62.1 Å². The van der Waals surface area contributed by atoms with Gasteiger partial charge in [0.05, 0.1) is 0 Å². The number of carbonyl (C=O) groups excluding carboxylic acids is 2. The summed E-state index contributed by atoms with van der Waals surface area (Å²) in [5, 5.41) is 5.81. The first-order valence-corrected chi connectivity index (χ1v) is 9.68. The number of anilines is 1. The molecule has 146 valence electrons. The molecule has 0 aliphatic heterocycles. The molecule has 1 aliphatic carbocycles. The lowest BCUT2D eigenvalue weighted by Gasteiger charge is -2.27. The molecule has 0 spiro atoms. The molecular weight excluding hydrogens is 352 g/mol. The number of benzene rings is 2. The van der Waals surface area contributed by atoms with E-state index in [-0.39, 0.29) is 23.7 Å². The van der Waals surface area contributed by atoms with Crippen LogP contribution in [0.3, 0.4) is 0 Å². The maximum Gasteiger partial charge on any atom is 0.227 e. The summed E-state index contributed by atoms with van der Waals surface area (Å²) >= 11 is 0. The number of rotatable bonds is 7. The van der Waals surface area contributed by atoms with Crippen LogP contribution in [0.2, 0.25) is 0 Å². The molecule has 2 aromatic carbocycles. The van der Waals surface area contributed by atoms with Crippen molar-refractivity contribution in [3.8, 4) is 11.5 Å². The molecule has 2 amide bonds. The minimum atomic E-state index is -0.0521. The van der Waals surface area contributed by atoms with Crippen LogP contribution < -0.4 is 15.4 Å². The normalized spacial score (nSPS) is 18.7. The second-order valence-corrected chi connectivity index (χ2v) is 7.01. The van der Waals surface area contributed by atoms with E-state index in [4.69, 9.17) is 4.74 Å². The summed E-state index contributed by atoms with van der Waals surface area (Å²) in [7, 11) is 0. The van der Waals surface area contributed by atoms with E-state index in [1.54, 1.807) is 6.08 Å². The Bertz CT molecular complexity index is 794. The molecule has 0 aromatic heterocycles. The van der Waals surface area contributed by atoms with Gasteiger partial charge in [0.15, 0.2) is 0 Å². The highest BCUT2D eigenvalue weighted by Crippen LogP contribution is 2.30. The standard InChI is InChI=1S/C23H26N2O3/c1-2-16-24-22(26)17-8-10-18(11-9-17)23(27)25-19-12-14-21(15-13-19)28-20-6-4-3-5-7-20/h2-7,12-15,17-18H,1,8-11,16H2,(H,24,26)(H,25,27). The van der Waals surface area contributed by atoms with Crippen molar-refractivity contribution in [3.05, 3.63) is 67.3 Å². The fourth-order valence-electron chi connectivity index (χ4n) is 3.41. The highest BCUT2D eigenvalue weighted by Gasteiger charge is 2.29. The Morgan fingerprint density at radius 2 is 1.46 bits per heavy atom. The first-order chi connectivity index (χ1) is 13.7. The minimum absolute atomic E-state index is 0.00146. The summed E-state index contributed by atoms with van der Waals surface area (Å²) in [6.45, 7) is 4.09. The molecule has 1 saturated carbocycles. The molecule has 1 aliphatic rings. The van der Waals surface area contributed by atoms with E-state index >= 15 is 0 Å². The predicted molar refractivity (Wildman–Crippen MR) is 110 cm³/mol. The van der Waals surface area contributed by atoms with Gasteiger partial charge in [0, 0.05) is 24.1 Å². The van der Waals surface area contributed by atoms with E-state index in [2.05, 4.69) is 17.2 Å². The van der Waals surface area contributed by atoms with Gasteiger partial charge >= 0.3 is 0 Å². The van der Waals surface area contributed by atoms with Crippen molar-refractivity contribution in [2.24, 2.45) is 11.8 Å². The molecule has 0 unspecified atom stereocenters. The number of ether oxygens (including phenoxy) is 1. The second kappa shape index (κ2) is 9.74. The molecular formula is C23H26N2O3. The molecule has 2 aromatic rings. The average molecular weight is 378 g/mol. The Morgan fingerprint density at radius 3 is 2.07 bits per heavy atom. The second-order valence-electron chi connectivity index (χ2n) is 7.01. The van der Waals surface area contributed by atoms with Crippen LogP contribution in [0.25, 0.3) is 0 Å². The Morgan fingerprint density at radius 1 is 0.893 bits per heavy atom. The van der Waals surface area contributed by atoms with Crippen LogP contribution in [0.5, 0.6) is 11.5 Å². The first kappa shape index (κ1) is 19.7. The van der Waals surface area contributed by atoms with E-state index in [1.165, 1.54) is 0 Å². The predicted octanol–water partition coefficient (Wildman–Crippen LogP) is 4.53. The Hall–Kier alpha value is -3.08.